The van der Waals surface area contributed by atoms with Crippen LogP contribution in [0.4, 0.5) is 0 Å². The Hall–Kier alpha value is -1.48. The van der Waals surface area contributed by atoms with Crippen LogP contribution in [0.3, 0.4) is 0 Å². The summed E-state index contributed by atoms with van der Waals surface area (Å²) < 4.78 is 10.5. The maximum Gasteiger partial charge on any atom is 0.122 e. The molecule has 0 radical (unpaired) electrons. The third kappa shape index (κ3) is 3.79. The summed E-state index contributed by atoms with van der Waals surface area (Å²) in [5, 5.41) is 3.42. The van der Waals surface area contributed by atoms with Crippen LogP contribution in [0, 0.1) is 0 Å². The Morgan fingerprint density at radius 3 is 2.24 bits per heavy atom. The van der Waals surface area contributed by atoms with Gasteiger partial charge in [-0.1, -0.05) is 13.0 Å². The average molecular weight is 235 g/mol. The fourth-order valence-electron chi connectivity index (χ4n) is 1.78. The van der Waals surface area contributed by atoms with Gasteiger partial charge < -0.3 is 14.8 Å². The Kier molecular flexibility index (Phi) is 5.57. The molecule has 0 saturated heterocycles. The number of nitrogens with one attached hydrogen (secondary N) is 1. The molecule has 94 valence electrons. The van der Waals surface area contributed by atoms with Gasteiger partial charge in [-0.25, -0.2) is 0 Å². The summed E-state index contributed by atoms with van der Waals surface area (Å²) in [4.78, 5) is 0. The standard InChI is InChI=1S/C14H21NO2/c1-5-7-14(15-6-2)11-8-12(16-3)10-13(9-11)17-4/h5,8-10,14-15H,1,6-7H2,2-4H3. The molecule has 17 heavy (non-hydrogen) atoms. The molecule has 1 atom stereocenters. The molecule has 0 amide bonds. The van der Waals surface area contributed by atoms with E-state index in [1.54, 1.807) is 14.2 Å². The summed E-state index contributed by atoms with van der Waals surface area (Å²) in [5.41, 5.74) is 1.16. The SMILES string of the molecule is C=CCC(NCC)c1cc(OC)cc(OC)c1. The molecule has 1 unspecified atom stereocenters. The van der Waals surface area contributed by atoms with Crippen molar-refractivity contribution in [3.63, 3.8) is 0 Å². The van der Waals surface area contributed by atoms with Crippen molar-refractivity contribution >= 4 is 0 Å². The summed E-state index contributed by atoms with van der Waals surface area (Å²) >= 11 is 0. The van der Waals surface area contributed by atoms with Crippen LogP contribution >= 0.6 is 0 Å². The quantitative estimate of drug-likeness (QED) is 0.737. The molecule has 0 aliphatic carbocycles. The number of hydrogen-bond donors (Lipinski definition) is 1. The Morgan fingerprint density at radius 2 is 1.82 bits per heavy atom. The first kappa shape index (κ1) is 13.6. The van der Waals surface area contributed by atoms with Gasteiger partial charge in [-0.15, -0.1) is 6.58 Å². The summed E-state index contributed by atoms with van der Waals surface area (Å²) in [5.74, 6) is 1.62. The van der Waals surface area contributed by atoms with Gasteiger partial charge in [0, 0.05) is 12.1 Å². The number of rotatable bonds is 7. The molecule has 3 heteroatoms. The predicted octanol–water partition coefficient (Wildman–Crippen LogP) is 2.93. The van der Waals surface area contributed by atoms with Crippen LogP contribution in [0.25, 0.3) is 0 Å². The molecule has 0 aliphatic heterocycles. The molecule has 0 fully saturated rings. The Morgan fingerprint density at radius 1 is 1.24 bits per heavy atom. The van der Waals surface area contributed by atoms with Crippen molar-refractivity contribution in [2.45, 2.75) is 19.4 Å². The first-order valence-corrected chi connectivity index (χ1v) is 5.82. The van der Waals surface area contributed by atoms with E-state index < -0.39 is 0 Å². The lowest BCUT2D eigenvalue weighted by atomic mass is 10.0. The van der Waals surface area contributed by atoms with Gasteiger partial charge in [-0.2, -0.15) is 0 Å². The van der Waals surface area contributed by atoms with Crippen molar-refractivity contribution in [3.05, 3.63) is 36.4 Å². The minimum absolute atomic E-state index is 0.251. The van der Waals surface area contributed by atoms with E-state index in [-0.39, 0.29) is 6.04 Å². The van der Waals surface area contributed by atoms with Crippen molar-refractivity contribution in [2.24, 2.45) is 0 Å². The minimum Gasteiger partial charge on any atom is -0.497 e. The molecule has 1 aromatic carbocycles. The highest BCUT2D eigenvalue weighted by atomic mass is 16.5. The van der Waals surface area contributed by atoms with E-state index in [9.17, 15) is 0 Å². The minimum atomic E-state index is 0.251. The molecule has 1 aromatic rings. The van der Waals surface area contributed by atoms with Gasteiger partial charge in [-0.3, -0.25) is 0 Å². The summed E-state index contributed by atoms with van der Waals surface area (Å²) in [6, 6.07) is 6.18. The van der Waals surface area contributed by atoms with E-state index in [1.807, 2.05) is 24.3 Å². The largest absolute Gasteiger partial charge is 0.497 e. The number of benzene rings is 1. The van der Waals surface area contributed by atoms with Gasteiger partial charge in [-0.05, 0) is 30.7 Å². The van der Waals surface area contributed by atoms with Gasteiger partial charge in [0.1, 0.15) is 11.5 Å². The highest BCUT2D eigenvalue weighted by Gasteiger charge is 2.11. The average Bonchev–Trinajstić information content (AvgIpc) is 2.37. The lowest BCUT2D eigenvalue weighted by molar-refractivity contribution is 0.391. The van der Waals surface area contributed by atoms with Gasteiger partial charge in [0.25, 0.3) is 0 Å². The van der Waals surface area contributed by atoms with Gasteiger partial charge in [0.15, 0.2) is 0 Å². The first-order valence-electron chi connectivity index (χ1n) is 5.82. The van der Waals surface area contributed by atoms with E-state index in [4.69, 9.17) is 9.47 Å². The van der Waals surface area contributed by atoms with Crippen LogP contribution in [-0.2, 0) is 0 Å². The lowest BCUT2D eigenvalue weighted by Gasteiger charge is -2.18. The fourth-order valence-corrected chi connectivity index (χ4v) is 1.78. The van der Waals surface area contributed by atoms with Gasteiger partial charge >= 0.3 is 0 Å². The smallest absolute Gasteiger partial charge is 0.122 e. The highest BCUT2D eigenvalue weighted by Crippen LogP contribution is 2.27. The second kappa shape index (κ2) is 6.97. The van der Waals surface area contributed by atoms with E-state index in [0.717, 1.165) is 30.0 Å². The zero-order chi connectivity index (χ0) is 12.7. The molecule has 0 aliphatic rings. The second-order valence-corrected chi connectivity index (χ2v) is 3.78. The van der Waals surface area contributed by atoms with Gasteiger partial charge in [0.2, 0.25) is 0 Å². The Balaban J connectivity index is 3.03. The maximum atomic E-state index is 5.27. The summed E-state index contributed by atoms with van der Waals surface area (Å²) in [6.45, 7) is 6.80. The van der Waals surface area contributed by atoms with Crippen LogP contribution in [0.15, 0.2) is 30.9 Å². The maximum absolute atomic E-state index is 5.27. The molecular weight excluding hydrogens is 214 g/mol. The van der Waals surface area contributed by atoms with E-state index in [0.29, 0.717) is 0 Å². The van der Waals surface area contributed by atoms with Crippen LogP contribution in [0.5, 0.6) is 11.5 Å². The molecule has 0 heterocycles. The molecule has 0 spiro atoms. The number of ether oxygens (including phenoxy) is 2. The second-order valence-electron chi connectivity index (χ2n) is 3.78. The van der Waals surface area contributed by atoms with Crippen molar-refractivity contribution in [2.75, 3.05) is 20.8 Å². The normalized spacial score (nSPS) is 11.9. The molecular formula is C14H21NO2. The van der Waals surface area contributed by atoms with Crippen LogP contribution in [0.2, 0.25) is 0 Å². The molecule has 3 nitrogen and oxygen atoms in total. The Bertz CT molecular complexity index is 341. The van der Waals surface area contributed by atoms with Crippen LogP contribution in [-0.4, -0.2) is 20.8 Å². The van der Waals surface area contributed by atoms with Crippen molar-refractivity contribution in [3.8, 4) is 11.5 Å². The molecule has 0 aromatic heterocycles. The highest BCUT2D eigenvalue weighted by molar-refractivity contribution is 5.40. The van der Waals surface area contributed by atoms with E-state index in [2.05, 4.69) is 18.8 Å². The summed E-state index contributed by atoms with van der Waals surface area (Å²) in [7, 11) is 3.32. The first-order chi connectivity index (χ1) is 8.24. The Labute approximate surface area is 103 Å². The van der Waals surface area contributed by atoms with Crippen molar-refractivity contribution < 1.29 is 9.47 Å². The fraction of sp³-hybridized carbons (Fsp3) is 0.429. The number of hydrogen-bond acceptors (Lipinski definition) is 3. The molecule has 1 rings (SSSR count). The van der Waals surface area contributed by atoms with E-state index in [1.165, 1.54) is 0 Å². The van der Waals surface area contributed by atoms with Crippen molar-refractivity contribution in [1.29, 1.82) is 0 Å². The zero-order valence-electron chi connectivity index (χ0n) is 10.8. The van der Waals surface area contributed by atoms with Crippen molar-refractivity contribution in [1.82, 2.24) is 5.32 Å². The topological polar surface area (TPSA) is 30.5 Å². The molecule has 1 N–H and O–H groups in total. The van der Waals surface area contributed by atoms with Crippen LogP contribution < -0.4 is 14.8 Å². The molecule has 0 bridgehead atoms. The predicted molar refractivity (Wildman–Crippen MR) is 70.8 cm³/mol. The van der Waals surface area contributed by atoms with E-state index >= 15 is 0 Å². The third-order valence-electron chi connectivity index (χ3n) is 2.63. The zero-order valence-corrected chi connectivity index (χ0v) is 10.8. The monoisotopic (exact) mass is 235 g/mol. The summed E-state index contributed by atoms with van der Waals surface area (Å²) in [6.07, 6.45) is 2.80. The third-order valence-corrected chi connectivity index (χ3v) is 2.63. The lowest BCUT2D eigenvalue weighted by Crippen LogP contribution is -2.20. The molecule has 0 saturated carbocycles. The number of methoxy groups -OCH3 is 2. The van der Waals surface area contributed by atoms with Gasteiger partial charge in [0.05, 0.1) is 14.2 Å². The van der Waals surface area contributed by atoms with Crippen LogP contribution in [0.1, 0.15) is 24.9 Å².